The van der Waals surface area contributed by atoms with Crippen LogP contribution in [0.2, 0.25) is 0 Å². The molecule has 0 aliphatic heterocycles. The number of benzene rings is 1. The highest BCUT2D eigenvalue weighted by Gasteiger charge is 2.22. The van der Waals surface area contributed by atoms with Gasteiger partial charge in [-0.1, -0.05) is 18.2 Å². The summed E-state index contributed by atoms with van der Waals surface area (Å²) in [6.45, 7) is 3.65. The van der Waals surface area contributed by atoms with Crippen molar-refractivity contribution in [3.8, 4) is 0 Å². The number of fused-ring (bicyclic) bond motifs is 1. The first-order chi connectivity index (χ1) is 9.82. The summed E-state index contributed by atoms with van der Waals surface area (Å²) in [5.41, 5.74) is 7.63. The normalized spacial score (nSPS) is 12.2. The van der Waals surface area contributed by atoms with Crippen molar-refractivity contribution in [1.82, 2.24) is 10.2 Å². The Morgan fingerprint density at radius 2 is 2.00 bits per heavy atom. The summed E-state index contributed by atoms with van der Waals surface area (Å²) in [6.07, 6.45) is 0. The third-order valence-electron chi connectivity index (χ3n) is 3.32. The molecule has 0 saturated heterocycles. The lowest BCUT2D eigenvalue weighted by molar-refractivity contribution is -0.130. The number of carbonyl (C=O) groups is 2. The molecular weight excluding hydrogens is 286 g/mol. The molecule has 21 heavy (non-hydrogen) atoms. The number of nitrogens with one attached hydrogen (secondary N) is 1. The van der Waals surface area contributed by atoms with E-state index in [4.69, 9.17) is 5.73 Å². The summed E-state index contributed by atoms with van der Waals surface area (Å²) < 4.78 is 1.01. The number of nitrogens with two attached hydrogens (primary N) is 1. The molecule has 3 N–H and O–H groups in total. The molecule has 112 valence electrons. The topological polar surface area (TPSA) is 75.4 Å². The van der Waals surface area contributed by atoms with Crippen LogP contribution in [0.15, 0.2) is 18.2 Å². The maximum Gasteiger partial charge on any atom is 0.264 e. The maximum atomic E-state index is 12.3. The van der Waals surface area contributed by atoms with Crippen molar-refractivity contribution in [1.29, 1.82) is 0 Å². The second-order valence-corrected chi connectivity index (χ2v) is 6.24. The number of nitrogen functional groups attached to an aromatic ring is 1. The Morgan fingerprint density at radius 3 is 2.57 bits per heavy atom. The Bertz CT molecular complexity index is 706. The number of anilines is 1. The fourth-order valence-electron chi connectivity index (χ4n) is 2.16. The van der Waals surface area contributed by atoms with Crippen molar-refractivity contribution in [3.63, 3.8) is 0 Å². The van der Waals surface area contributed by atoms with Gasteiger partial charge in [0.1, 0.15) is 10.9 Å². The fraction of sp³-hybridized carbons (Fsp3) is 0.333. The first kappa shape index (κ1) is 15.3. The van der Waals surface area contributed by atoms with Gasteiger partial charge in [-0.05, 0) is 19.4 Å². The summed E-state index contributed by atoms with van der Waals surface area (Å²) in [5, 5.41) is 3.58. The van der Waals surface area contributed by atoms with E-state index in [-0.39, 0.29) is 11.8 Å². The van der Waals surface area contributed by atoms with Gasteiger partial charge < -0.3 is 16.0 Å². The van der Waals surface area contributed by atoms with Gasteiger partial charge in [0.25, 0.3) is 5.91 Å². The lowest BCUT2D eigenvalue weighted by atomic mass is 10.1. The van der Waals surface area contributed by atoms with E-state index in [9.17, 15) is 9.59 Å². The molecule has 2 amide bonds. The second-order valence-electron chi connectivity index (χ2n) is 5.22. The summed E-state index contributed by atoms with van der Waals surface area (Å²) in [7, 11) is 3.31. The number of hydrogen-bond acceptors (Lipinski definition) is 4. The molecule has 0 saturated carbocycles. The van der Waals surface area contributed by atoms with Crippen LogP contribution in [0.5, 0.6) is 0 Å². The van der Waals surface area contributed by atoms with Crippen LogP contribution in [0.1, 0.15) is 22.2 Å². The molecule has 5 nitrogen and oxygen atoms in total. The maximum absolute atomic E-state index is 12.3. The van der Waals surface area contributed by atoms with Gasteiger partial charge in [-0.3, -0.25) is 9.59 Å². The van der Waals surface area contributed by atoms with Crippen LogP contribution in [0.3, 0.4) is 0 Å². The van der Waals surface area contributed by atoms with Crippen LogP contribution in [-0.2, 0) is 4.79 Å². The van der Waals surface area contributed by atoms with E-state index in [1.54, 1.807) is 21.0 Å². The number of rotatable bonds is 3. The number of nitrogens with zero attached hydrogens (tertiary/aromatic N) is 1. The lowest BCUT2D eigenvalue weighted by Crippen LogP contribution is -2.44. The summed E-state index contributed by atoms with van der Waals surface area (Å²) in [4.78, 5) is 26.0. The Kier molecular flexibility index (Phi) is 4.18. The molecule has 6 heteroatoms. The van der Waals surface area contributed by atoms with Gasteiger partial charge in [-0.25, -0.2) is 0 Å². The Morgan fingerprint density at radius 1 is 1.33 bits per heavy atom. The van der Waals surface area contributed by atoms with Crippen LogP contribution >= 0.6 is 11.3 Å². The van der Waals surface area contributed by atoms with Gasteiger partial charge in [0.05, 0.1) is 5.69 Å². The molecule has 1 unspecified atom stereocenters. The van der Waals surface area contributed by atoms with E-state index < -0.39 is 6.04 Å². The number of carbonyl (C=O) groups excluding carboxylic acids is 2. The van der Waals surface area contributed by atoms with E-state index in [2.05, 4.69) is 5.32 Å². The molecule has 1 aromatic heterocycles. The Balaban J connectivity index is 2.30. The third-order valence-corrected chi connectivity index (χ3v) is 4.67. The molecule has 0 fully saturated rings. The van der Waals surface area contributed by atoms with Crippen molar-refractivity contribution in [2.75, 3.05) is 19.8 Å². The van der Waals surface area contributed by atoms with Crippen LogP contribution < -0.4 is 11.1 Å². The van der Waals surface area contributed by atoms with Crippen LogP contribution in [0.25, 0.3) is 10.1 Å². The monoisotopic (exact) mass is 305 g/mol. The summed E-state index contributed by atoms with van der Waals surface area (Å²) >= 11 is 1.36. The van der Waals surface area contributed by atoms with Gasteiger partial charge in [0, 0.05) is 24.2 Å². The highest BCUT2D eigenvalue weighted by molar-refractivity contribution is 7.21. The Hall–Kier alpha value is -2.08. The smallest absolute Gasteiger partial charge is 0.264 e. The molecule has 0 bridgehead atoms. The summed E-state index contributed by atoms with van der Waals surface area (Å²) in [6, 6.07) is 5.22. The van der Waals surface area contributed by atoms with Crippen LogP contribution in [0.4, 0.5) is 5.69 Å². The average Bonchev–Trinajstić information content (AvgIpc) is 2.77. The number of amides is 2. The number of hydrogen-bond donors (Lipinski definition) is 2. The minimum Gasteiger partial charge on any atom is -0.397 e. The zero-order chi connectivity index (χ0) is 15.7. The molecule has 0 aliphatic carbocycles. The minimum absolute atomic E-state index is 0.154. The molecule has 0 aliphatic rings. The van der Waals surface area contributed by atoms with Gasteiger partial charge in [-0.15, -0.1) is 11.3 Å². The predicted molar refractivity (Wildman–Crippen MR) is 86.6 cm³/mol. The molecule has 1 aromatic carbocycles. The van der Waals surface area contributed by atoms with E-state index in [1.807, 2.05) is 25.1 Å². The van der Waals surface area contributed by atoms with Crippen molar-refractivity contribution in [2.24, 2.45) is 0 Å². The number of thiophene rings is 1. The highest BCUT2D eigenvalue weighted by atomic mass is 32.1. The Labute approximate surface area is 127 Å². The molecular formula is C15H19N3O2S. The van der Waals surface area contributed by atoms with Crippen molar-refractivity contribution < 1.29 is 9.59 Å². The van der Waals surface area contributed by atoms with E-state index >= 15 is 0 Å². The van der Waals surface area contributed by atoms with E-state index in [1.165, 1.54) is 16.2 Å². The molecule has 1 heterocycles. The van der Waals surface area contributed by atoms with Gasteiger partial charge in [-0.2, -0.15) is 0 Å². The van der Waals surface area contributed by atoms with Gasteiger partial charge >= 0.3 is 0 Å². The lowest BCUT2D eigenvalue weighted by Gasteiger charge is -2.17. The first-order valence-electron chi connectivity index (χ1n) is 6.62. The van der Waals surface area contributed by atoms with Gasteiger partial charge in [0.2, 0.25) is 5.91 Å². The van der Waals surface area contributed by atoms with Crippen molar-refractivity contribution in [2.45, 2.75) is 19.9 Å². The SMILES string of the molecule is Cc1cccc2c(N)c(C(=O)NC(C)C(=O)N(C)C)sc12. The standard InChI is InChI=1S/C15H19N3O2S/c1-8-6-5-7-10-11(16)13(21-12(8)10)14(19)17-9(2)15(20)18(3)4/h5-7,9H,16H2,1-4H3,(H,17,19). The van der Waals surface area contributed by atoms with Crippen molar-refractivity contribution in [3.05, 3.63) is 28.6 Å². The van der Waals surface area contributed by atoms with Crippen molar-refractivity contribution >= 4 is 38.9 Å². The molecule has 2 rings (SSSR count). The van der Waals surface area contributed by atoms with Gasteiger partial charge in [0.15, 0.2) is 0 Å². The molecule has 0 radical (unpaired) electrons. The quantitative estimate of drug-likeness (QED) is 0.910. The largest absolute Gasteiger partial charge is 0.397 e. The number of likely N-dealkylation sites (N-methyl/N-ethyl adjacent to an activating group) is 1. The van der Waals surface area contributed by atoms with Crippen LogP contribution in [-0.4, -0.2) is 36.9 Å². The molecule has 1 atom stereocenters. The second kappa shape index (κ2) is 5.73. The first-order valence-corrected chi connectivity index (χ1v) is 7.44. The molecule has 2 aromatic rings. The zero-order valence-electron chi connectivity index (χ0n) is 12.6. The zero-order valence-corrected chi connectivity index (χ0v) is 13.4. The predicted octanol–water partition coefficient (Wildman–Crippen LogP) is 2.00. The minimum atomic E-state index is -0.585. The van der Waals surface area contributed by atoms with E-state index in [0.29, 0.717) is 10.6 Å². The number of aryl methyl sites for hydroxylation is 1. The fourth-order valence-corrected chi connectivity index (χ4v) is 3.25. The molecule has 0 spiro atoms. The highest BCUT2D eigenvalue weighted by Crippen LogP contribution is 2.35. The van der Waals surface area contributed by atoms with E-state index in [0.717, 1.165) is 15.6 Å². The summed E-state index contributed by atoms with van der Waals surface area (Å²) in [5.74, 6) is -0.463. The third kappa shape index (κ3) is 2.85. The van der Waals surface area contributed by atoms with Crippen LogP contribution in [0, 0.1) is 6.92 Å². The average molecular weight is 305 g/mol.